The molecular weight excluding hydrogens is 272 g/mol. The van der Waals surface area contributed by atoms with Crippen molar-refractivity contribution >= 4 is 0 Å². The molecule has 2 saturated carbocycles. The molecule has 22 heavy (non-hydrogen) atoms. The molecule has 2 rings (SSSR count). The van der Waals surface area contributed by atoms with E-state index in [-0.39, 0.29) is 12.0 Å². The SMILES string of the molecule is C/C(=C/CO)CC[C@@H]1[C@@]2(C)CCCC(C)(C)C2CC[C@@]1(C)O. The van der Waals surface area contributed by atoms with E-state index in [1.54, 1.807) is 0 Å². The lowest BCUT2D eigenvalue weighted by molar-refractivity contribution is -0.168. The first-order valence-corrected chi connectivity index (χ1v) is 9.12. The van der Waals surface area contributed by atoms with Gasteiger partial charge < -0.3 is 10.2 Å². The Kier molecular flexibility index (Phi) is 5.14. The van der Waals surface area contributed by atoms with E-state index in [9.17, 15) is 5.11 Å². The first-order chi connectivity index (χ1) is 10.1. The van der Waals surface area contributed by atoms with E-state index < -0.39 is 5.60 Å². The molecule has 2 aliphatic carbocycles. The highest BCUT2D eigenvalue weighted by atomic mass is 16.3. The quantitative estimate of drug-likeness (QED) is 0.739. The Hall–Kier alpha value is -0.340. The van der Waals surface area contributed by atoms with Crippen molar-refractivity contribution in [1.29, 1.82) is 0 Å². The molecule has 0 heterocycles. The average Bonchev–Trinajstić information content (AvgIpc) is 2.36. The molecule has 128 valence electrons. The Bertz CT molecular complexity index is 421. The van der Waals surface area contributed by atoms with E-state index in [1.165, 1.54) is 31.3 Å². The molecule has 0 aromatic carbocycles. The van der Waals surface area contributed by atoms with Crippen LogP contribution in [0.25, 0.3) is 0 Å². The zero-order valence-electron chi connectivity index (χ0n) is 15.3. The first-order valence-electron chi connectivity index (χ1n) is 9.12. The van der Waals surface area contributed by atoms with Crippen LogP contribution < -0.4 is 0 Å². The van der Waals surface area contributed by atoms with Crippen LogP contribution in [-0.4, -0.2) is 22.4 Å². The number of hydrogen-bond donors (Lipinski definition) is 2. The molecular formula is C20H36O2. The van der Waals surface area contributed by atoms with E-state index in [2.05, 4.69) is 34.6 Å². The minimum absolute atomic E-state index is 0.125. The fourth-order valence-electron chi connectivity index (χ4n) is 5.90. The van der Waals surface area contributed by atoms with Gasteiger partial charge in [0.2, 0.25) is 0 Å². The molecule has 1 unspecified atom stereocenters. The first kappa shape index (κ1) is 18.0. The van der Waals surface area contributed by atoms with Crippen molar-refractivity contribution in [2.75, 3.05) is 6.61 Å². The third kappa shape index (κ3) is 3.28. The maximum absolute atomic E-state index is 11.1. The summed E-state index contributed by atoms with van der Waals surface area (Å²) in [6.45, 7) is 11.6. The van der Waals surface area contributed by atoms with Gasteiger partial charge >= 0.3 is 0 Å². The summed E-state index contributed by atoms with van der Waals surface area (Å²) in [7, 11) is 0. The standard InChI is InChI=1S/C20H36O2/c1-15(10-14-21)7-8-17-19(4)12-6-11-18(2,3)16(19)9-13-20(17,5)22/h10,16-17,21-22H,6-9,11-14H2,1-5H3/b15-10-/t16?,17-,19+,20-/m1/s1. The fourth-order valence-corrected chi connectivity index (χ4v) is 5.90. The average molecular weight is 309 g/mol. The molecule has 2 fully saturated rings. The summed E-state index contributed by atoms with van der Waals surface area (Å²) in [6, 6.07) is 0. The third-order valence-corrected chi connectivity index (χ3v) is 7.03. The van der Waals surface area contributed by atoms with Crippen molar-refractivity contribution in [1.82, 2.24) is 0 Å². The fraction of sp³-hybridized carbons (Fsp3) is 0.900. The van der Waals surface area contributed by atoms with Crippen molar-refractivity contribution in [2.24, 2.45) is 22.7 Å². The maximum Gasteiger partial charge on any atom is 0.0653 e. The van der Waals surface area contributed by atoms with Crippen LogP contribution in [0.5, 0.6) is 0 Å². The highest BCUT2D eigenvalue weighted by molar-refractivity contribution is 5.09. The van der Waals surface area contributed by atoms with Crippen LogP contribution in [0.4, 0.5) is 0 Å². The topological polar surface area (TPSA) is 40.5 Å². The van der Waals surface area contributed by atoms with E-state index >= 15 is 0 Å². The van der Waals surface area contributed by atoms with Crippen molar-refractivity contribution in [3.63, 3.8) is 0 Å². The minimum atomic E-state index is -0.543. The second-order valence-corrected chi connectivity index (χ2v) is 9.12. The summed E-state index contributed by atoms with van der Waals surface area (Å²) >= 11 is 0. The summed E-state index contributed by atoms with van der Waals surface area (Å²) in [5.74, 6) is 1.08. The van der Waals surface area contributed by atoms with Gasteiger partial charge in [-0.3, -0.25) is 0 Å². The van der Waals surface area contributed by atoms with E-state index in [0.717, 1.165) is 25.2 Å². The van der Waals surface area contributed by atoms with Crippen LogP contribution in [0.3, 0.4) is 0 Å². The second kappa shape index (κ2) is 6.28. The lowest BCUT2D eigenvalue weighted by atomic mass is 9.45. The molecule has 2 nitrogen and oxygen atoms in total. The molecule has 0 aliphatic heterocycles. The molecule has 0 aromatic rings. The van der Waals surface area contributed by atoms with Gasteiger partial charge in [0.1, 0.15) is 0 Å². The summed E-state index contributed by atoms with van der Waals surface area (Å²) in [6.07, 6.45) is 9.90. The van der Waals surface area contributed by atoms with Crippen molar-refractivity contribution in [3.8, 4) is 0 Å². The van der Waals surface area contributed by atoms with Crippen molar-refractivity contribution in [3.05, 3.63) is 11.6 Å². The monoisotopic (exact) mass is 308 g/mol. The van der Waals surface area contributed by atoms with Gasteiger partial charge in [0.05, 0.1) is 12.2 Å². The Morgan fingerprint density at radius 2 is 1.82 bits per heavy atom. The molecule has 0 amide bonds. The molecule has 0 saturated heterocycles. The Balaban J connectivity index is 2.24. The largest absolute Gasteiger partial charge is 0.392 e. The molecule has 2 N–H and O–H groups in total. The summed E-state index contributed by atoms with van der Waals surface area (Å²) in [4.78, 5) is 0. The molecule has 0 radical (unpaired) electrons. The zero-order valence-corrected chi connectivity index (χ0v) is 15.3. The molecule has 2 heteroatoms. The normalized spacial score (nSPS) is 42.0. The predicted octanol–water partition coefficient (Wildman–Crippen LogP) is 4.70. The molecule has 0 aromatic heterocycles. The van der Waals surface area contributed by atoms with Crippen LogP contribution in [0, 0.1) is 22.7 Å². The summed E-state index contributed by atoms with van der Waals surface area (Å²) < 4.78 is 0. The Morgan fingerprint density at radius 1 is 1.14 bits per heavy atom. The highest BCUT2D eigenvalue weighted by Crippen LogP contribution is 2.62. The number of rotatable bonds is 4. The van der Waals surface area contributed by atoms with Crippen LogP contribution in [0.2, 0.25) is 0 Å². The summed E-state index contributed by atoms with van der Waals surface area (Å²) in [5.41, 5.74) is 1.36. The Morgan fingerprint density at radius 3 is 2.45 bits per heavy atom. The molecule has 4 atom stereocenters. The van der Waals surface area contributed by atoms with Gasteiger partial charge in [-0.05, 0) is 75.0 Å². The number of allylic oxidation sites excluding steroid dienone is 1. The smallest absolute Gasteiger partial charge is 0.0653 e. The van der Waals surface area contributed by atoms with E-state index in [4.69, 9.17) is 5.11 Å². The van der Waals surface area contributed by atoms with Gasteiger partial charge in [0.25, 0.3) is 0 Å². The number of hydrogen-bond acceptors (Lipinski definition) is 2. The number of fused-ring (bicyclic) bond motifs is 1. The van der Waals surface area contributed by atoms with Crippen LogP contribution in [-0.2, 0) is 0 Å². The Labute approximate surface area is 137 Å². The number of aliphatic hydroxyl groups excluding tert-OH is 1. The summed E-state index contributed by atoms with van der Waals surface area (Å²) in [5, 5.41) is 20.1. The van der Waals surface area contributed by atoms with Gasteiger partial charge in [0, 0.05) is 0 Å². The minimum Gasteiger partial charge on any atom is -0.392 e. The van der Waals surface area contributed by atoms with Gasteiger partial charge in [-0.2, -0.15) is 0 Å². The van der Waals surface area contributed by atoms with Crippen LogP contribution >= 0.6 is 0 Å². The van der Waals surface area contributed by atoms with Gasteiger partial charge in [-0.1, -0.05) is 38.8 Å². The number of aliphatic hydroxyl groups is 2. The van der Waals surface area contributed by atoms with E-state index in [1.807, 2.05) is 6.08 Å². The van der Waals surface area contributed by atoms with Gasteiger partial charge in [-0.15, -0.1) is 0 Å². The molecule has 0 spiro atoms. The third-order valence-electron chi connectivity index (χ3n) is 7.03. The maximum atomic E-state index is 11.1. The lowest BCUT2D eigenvalue weighted by Crippen LogP contribution is -2.57. The van der Waals surface area contributed by atoms with Crippen molar-refractivity contribution in [2.45, 2.75) is 85.2 Å². The van der Waals surface area contributed by atoms with Crippen molar-refractivity contribution < 1.29 is 10.2 Å². The van der Waals surface area contributed by atoms with Crippen LogP contribution in [0.1, 0.15) is 79.6 Å². The highest BCUT2D eigenvalue weighted by Gasteiger charge is 2.57. The zero-order chi connectivity index (χ0) is 16.6. The lowest BCUT2D eigenvalue weighted by Gasteiger charge is -2.61. The van der Waals surface area contributed by atoms with E-state index in [0.29, 0.717) is 11.3 Å². The molecule has 2 aliphatic rings. The predicted molar refractivity (Wildman–Crippen MR) is 92.7 cm³/mol. The van der Waals surface area contributed by atoms with Gasteiger partial charge in [-0.25, -0.2) is 0 Å². The second-order valence-electron chi connectivity index (χ2n) is 9.12. The van der Waals surface area contributed by atoms with Gasteiger partial charge in [0.15, 0.2) is 0 Å². The van der Waals surface area contributed by atoms with Crippen LogP contribution in [0.15, 0.2) is 11.6 Å². The molecule has 0 bridgehead atoms.